The summed E-state index contributed by atoms with van der Waals surface area (Å²) in [4.78, 5) is 36.9. The first-order valence-electron chi connectivity index (χ1n) is 13.9. The molecule has 0 saturated heterocycles. The van der Waals surface area contributed by atoms with Crippen LogP contribution in [0.1, 0.15) is 40.3 Å². The number of amides is 2. The summed E-state index contributed by atoms with van der Waals surface area (Å²) >= 11 is 0. The van der Waals surface area contributed by atoms with Gasteiger partial charge in [0.25, 0.3) is 5.91 Å². The van der Waals surface area contributed by atoms with Crippen LogP contribution in [0.2, 0.25) is 0 Å². The molecule has 4 aromatic rings. The normalized spacial score (nSPS) is 22.3. The number of halogens is 3. The van der Waals surface area contributed by atoms with E-state index in [-0.39, 0.29) is 29.3 Å². The number of benzene rings is 3. The molecule has 6 nitrogen and oxygen atoms in total. The number of pyridine rings is 1. The first kappa shape index (κ1) is 26.8. The van der Waals surface area contributed by atoms with Crippen LogP contribution < -0.4 is 5.32 Å². The molecule has 0 bridgehead atoms. The van der Waals surface area contributed by atoms with Gasteiger partial charge in [-0.2, -0.15) is 0 Å². The molecule has 1 aromatic heterocycles. The molecule has 7 rings (SSSR count). The van der Waals surface area contributed by atoms with E-state index < -0.39 is 34.4 Å². The van der Waals surface area contributed by atoms with Crippen molar-refractivity contribution in [1.82, 2.24) is 9.88 Å². The number of carbonyl (C=O) groups excluding carboxylic acids is 2. The molecule has 3 aromatic carbocycles. The Morgan fingerprint density at radius 2 is 1.70 bits per heavy atom. The third-order valence-electron chi connectivity index (χ3n) is 8.64. The lowest BCUT2D eigenvalue weighted by Gasteiger charge is -2.32. The van der Waals surface area contributed by atoms with Crippen LogP contribution in [0.4, 0.5) is 19.0 Å². The minimum absolute atomic E-state index is 0.0161. The molecule has 3 heterocycles. The van der Waals surface area contributed by atoms with E-state index in [9.17, 15) is 22.8 Å². The molecule has 9 heteroatoms. The molecule has 3 aliphatic rings. The number of hydrogen-bond acceptors (Lipinski definition) is 4. The summed E-state index contributed by atoms with van der Waals surface area (Å²) in [5.74, 6) is -2.24. The van der Waals surface area contributed by atoms with Gasteiger partial charge in [-0.05, 0) is 66.8 Å². The van der Waals surface area contributed by atoms with Crippen molar-refractivity contribution >= 4 is 29.4 Å². The van der Waals surface area contributed by atoms with Gasteiger partial charge in [0.05, 0.1) is 5.41 Å². The summed E-state index contributed by atoms with van der Waals surface area (Å²) in [5, 5.41) is 2.91. The monoisotopic (exact) mass is 578 g/mol. The topological polar surface area (TPSA) is 74.7 Å². The quantitative estimate of drug-likeness (QED) is 0.330. The molecule has 2 atom stereocenters. The second-order valence-electron chi connectivity index (χ2n) is 11.3. The number of nitrogens with one attached hydrogen (secondary N) is 1. The lowest BCUT2D eigenvalue weighted by molar-refractivity contribution is -0.126. The molecular formula is C34H25F3N4O2. The Hall–Kier alpha value is -5.05. The summed E-state index contributed by atoms with van der Waals surface area (Å²) in [6, 6.07) is 18.5. The maximum Gasteiger partial charge on any atom is 0.275 e. The lowest BCUT2D eigenvalue weighted by Crippen LogP contribution is -2.43. The first-order chi connectivity index (χ1) is 20.7. The number of nitrogens with zero attached hydrogens (tertiary/aromatic N) is 3. The van der Waals surface area contributed by atoms with Crippen molar-refractivity contribution in [3.05, 3.63) is 136 Å². The Labute approximate surface area is 245 Å². The number of carbonyl (C=O) groups is 2. The Bertz CT molecular complexity index is 1880. The number of rotatable bonds is 5. The molecule has 1 aliphatic carbocycles. The van der Waals surface area contributed by atoms with E-state index in [2.05, 4.69) is 15.3 Å². The number of hydrogen-bond donors (Lipinski definition) is 1. The van der Waals surface area contributed by atoms with E-state index in [1.807, 2.05) is 36.4 Å². The number of fused-ring (bicyclic) bond motifs is 3. The Kier molecular flexibility index (Phi) is 6.09. The minimum Gasteiger partial charge on any atom is -0.310 e. The average molecular weight is 579 g/mol. The zero-order valence-corrected chi connectivity index (χ0v) is 23.1. The van der Waals surface area contributed by atoms with Gasteiger partial charge in [-0.1, -0.05) is 48.6 Å². The van der Waals surface area contributed by atoms with E-state index in [0.29, 0.717) is 18.7 Å². The van der Waals surface area contributed by atoms with Crippen LogP contribution >= 0.6 is 0 Å². The van der Waals surface area contributed by atoms with Crippen LogP contribution in [0.15, 0.2) is 90.1 Å². The third-order valence-corrected chi connectivity index (χ3v) is 8.64. The molecule has 2 aliphatic heterocycles. The van der Waals surface area contributed by atoms with Gasteiger partial charge in [0.1, 0.15) is 29.0 Å². The third kappa shape index (κ3) is 4.26. The predicted octanol–water partition coefficient (Wildman–Crippen LogP) is 5.71. The van der Waals surface area contributed by atoms with Gasteiger partial charge in [-0.3, -0.25) is 9.59 Å². The molecule has 43 heavy (non-hydrogen) atoms. The van der Waals surface area contributed by atoms with Crippen molar-refractivity contribution < 1.29 is 22.8 Å². The molecule has 1 N–H and O–H groups in total. The Morgan fingerprint density at radius 1 is 0.930 bits per heavy atom. The van der Waals surface area contributed by atoms with Crippen LogP contribution in [0.3, 0.4) is 0 Å². The first-order valence-corrected chi connectivity index (χ1v) is 13.9. The highest BCUT2D eigenvalue weighted by Crippen LogP contribution is 2.46. The molecule has 2 amide bonds. The van der Waals surface area contributed by atoms with Crippen molar-refractivity contribution in [3.63, 3.8) is 0 Å². The Balaban J connectivity index is 1.18. The van der Waals surface area contributed by atoms with E-state index in [4.69, 9.17) is 0 Å². The number of aromatic nitrogens is 1. The molecular weight excluding hydrogens is 553 g/mol. The van der Waals surface area contributed by atoms with Crippen molar-refractivity contribution in [2.45, 2.75) is 30.8 Å². The van der Waals surface area contributed by atoms with Crippen molar-refractivity contribution in [1.29, 1.82) is 0 Å². The summed E-state index contributed by atoms with van der Waals surface area (Å²) in [7, 11) is 0. The molecule has 0 fully saturated rings. The van der Waals surface area contributed by atoms with E-state index in [1.54, 1.807) is 25.3 Å². The van der Waals surface area contributed by atoms with E-state index in [0.717, 1.165) is 40.5 Å². The molecule has 214 valence electrons. The maximum atomic E-state index is 14.7. The number of anilines is 1. The van der Waals surface area contributed by atoms with Crippen molar-refractivity contribution in [2.24, 2.45) is 4.99 Å². The van der Waals surface area contributed by atoms with Crippen LogP contribution in [-0.4, -0.2) is 34.0 Å². The predicted molar refractivity (Wildman–Crippen MR) is 156 cm³/mol. The molecule has 1 spiro atoms. The van der Waals surface area contributed by atoms with E-state index >= 15 is 0 Å². The van der Waals surface area contributed by atoms with Crippen molar-refractivity contribution in [3.8, 4) is 0 Å². The summed E-state index contributed by atoms with van der Waals surface area (Å²) in [6.07, 6.45) is 6.39. The molecule has 0 radical (unpaired) electrons. The highest BCUT2D eigenvalue weighted by Gasteiger charge is 2.51. The van der Waals surface area contributed by atoms with E-state index in [1.165, 1.54) is 23.1 Å². The maximum absolute atomic E-state index is 14.7. The Morgan fingerprint density at radius 3 is 2.49 bits per heavy atom. The zero-order valence-electron chi connectivity index (χ0n) is 23.1. The fourth-order valence-corrected chi connectivity index (χ4v) is 6.47. The summed E-state index contributed by atoms with van der Waals surface area (Å²) in [6.45, 7) is 1.62. The van der Waals surface area contributed by atoms with Gasteiger partial charge >= 0.3 is 0 Å². The second-order valence-corrected chi connectivity index (χ2v) is 11.3. The fraction of sp³-hybridized carbons (Fsp3) is 0.176. The van der Waals surface area contributed by atoms with Crippen LogP contribution in [0.5, 0.6) is 0 Å². The van der Waals surface area contributed by atoms with Gasteiger partial charge in [0.2, 0.25) is 5.91 Å². The zero-order chi connectivity index (χ0) is 29.9. The average Bonchev–Trinajstić information content (AvgIpc) is 3.58. The highest BCUT2D eigenvalue weighted by atomic mass is 19.1. The minimum atomic E-state index is -1.48. The fourth-order valence-electron chi connectivity index (χ4n) is 6.47. The summed E-state index contributed by atoms with van der Waals surface area (Å²) in [5.41, 5.74) is 1.76. The van der Waals surface area contributed by atoms with Crippen LogP contribution in [0.25, 0.3) is 6.08 Å². The highest BCUT2D eigenvalue weighted by molar-refractivity contribution is 6.46. The summed E-state index contributed by atoms with van der Waals surface area (Å²) < 4.78 is 43.2. The largest absolute Gasteiger partial charge is 0.310 e. The van der Waals surface area contributed by atoms with Crippen LogP contribution in [-0.2, 0) is 33.5 Å². The van der Waals surface area contributed by atoms with Gasteiger partial charge in [0.15, 0.2) is 5.66 Å². The van der Waals surface area contributed by atoms with Gasteiger partial charge in [0, 0.05) is 35.5 Å². The molecule has 0 saturated carbocycles. The molecule has 1 unspecified atom stereocenters. The van der Waals surface area contributed by atoms with Gasteiger partial charge in [-0.15, -0.1) is 0 Å². The van der Waals surface area contributed by atoms with Crippen LogP contribution in [0, 0.1) is 17.5 Å². The smallest absolute Gasteiger partial charge is 0.275 e. The number of aliphatic imine (C=N–C) groups is 1. The van der Waals surface area contributed by atoms with Gasteiger partial charge < -0.3 is 10.2 Å². The SMILES string of the molecule is C[C@@]1(c2cc(F)cc(F)c2)N=C(c2ccccc2F)C(=O)N1C/C=C/c1ccc2c(c1)CC1(C2)C(=O)Nc2ncccc21. The van der Waals surface area contributed by atoms with Gasteiger partial charge in [-0.25, -0.2) is 23.1 Å². The van der Waals surface area contributed by atoms with Crippen molar-refractivity contribution in [2.75, 3.05) is 11.9 Å². The standard InChI is InChI=1S/C34H25F3N4O2/c1-33(23-15-24(35)17-25(36)16-23)40-29(26-7-2-3-9-28(26)37)31(42)41(33)13-5-6-20-10-11-21-18-34(19-22(21)14-20)27-8-4-12-38-30(27)39-32(34)43/h2-12,14-17H,13,18-19H2,1H3,(H,38,39,43)/b6-5+/t33-,34?/m1/s1. The second kappa shape index (κ2) is 9.76. The lowest BCUT2D eigenvalue weighted by atomic mass is 9.79.